The maximum absolute atomic E-state index is 10.5. The highest BCUT2D eigenvalue weighted by molar-refractivity contribution is 6.31. The Hall–Kier alpha value is -2.33. The fourth-order valence-corrected chi connectivity index (χ4v) is 2.31. The third-order valence-electron chi connectivity index (χ3n) is 3.41. The minimum absolute atomic E-state index is 0.111. The topological polar surface area (TPSA) is 71.0 Å². The van der Waals surface area contributed by atoms with Crippen molar-refractivity contribution in [3.05, 3.63) is 53.1 Å². The highest BCUT2D eigenvalue weighted by Gasteiger charge is 2.21. The zero-order valence-electron chi connectivity index (χ0n) is 13.5. The van der Waals surface area contributed by atoms with Crippen molar-refractivity contribution in [3.8, 4) is 5.75 Å². The lowest BCUT2D eigenvalue weighted by molar-refractivity contribution is 0.448. The van der Waals surface area contributed by atoms with E-state index in [9.17, 15) is 5.11 Å². The molecule has 23 heavy (non-hydrogen) atoms. The standard InChI is InChI=1S/C18H20ClN3O/c1-5-11-8-13(18(2,3)4)17(23)16(9-11)22-21-15-7-6-12(19)10-14(15)20/h5-10,23H,1,20H2,2-4H3. The molecule has 0 aliphatic carbocycles. The Morgan fingerprint density at radius 1 is 1.13 bits per heavy atom. The molecule has 0 aromatic heterocycles. The number of phenolic OH excluding ortho intramolecular Hbond substituents is 1. The molecule has 0 heterocycles. The first-order valence-electron chi connectivity index (χ1n) is 7.19. The number of azo groups is 1. The van der Waals surface area contributed by atoms with E-state index in [4.69, 9.17) is 17.3 Å². The molecule has 2 aromatic rings. The first-order chi connectivity index (χ1) is 10.7. The Kier molecular flexibility index (Phi) is 4.76. The summed E-state index contributed by atoms with van der Waals surface area (Å²) < 4.78 is 0. The second-order valence-electron chi connectivity index (χ2n) is 6.29. The molecule has 120 valence electrons. The van der Waals surface area contributed by atoms with E-state index < -0.39 is 0 Å². The molecule has 0 saturated carbocycles. The highest BCUT2D eigenvalue weighted by atomic mass is 35.5. The van der Waals surface area contributed by atoms with Crippen molar-refractivity contribution < 1.29 is 5.11 Å². The smallest absolute Gasteiger partial charge is 0.146 e. The van der Waals surface area contributed by atoms with E-state index in [2.05, 4.69) is 16.8 Å². The summed E-state index contributed by atoms with van der Waals surface area (Å²) in [7, 11) is 0. The molecule has 0 fully saturated rings. The minimum atomic E-state index is -0.229. The summed E-state index contributed by atoms with van der Waals surface area (Å²) in [5.41, 5.74) is 8.58. The predicted molar refractivity (Wildman–Crippen MR) is 96.9 cm³/mol. The SMILES string of the molecule is C=Cc1cc(N=Nc2ccc(Cl)cc2N)c(O)c(C(C)(C)C)c1. The summed E-state index contributed by atoms with van der Waals surface area (Å²) in [5.74, 6) is 0.111. The van der Waals surface area contributed by atoms with E-state index in [1.807, 2.05) is 26.8 Å². The van der Waals surface area contributed by atoms with E-state index in [1.165, 1.54) is 0 Å². The van der Waals surface area contributed by atoms with Gasteiger partial charge >= 0.3 is 0 Å². The lowest BCUT2D eigenvalue weighted by Gasteiger charge is -2.21. The first-order valence-corrected chi connectivity index (χ1v) is 7.57. The van der Waals surface area contributed by atoms with Crippen molar-refractivity contribution in [2.24, 2.45) is 10.2 Å². The van der Waals surface area contributed by atoms with Gasteiger partial charge in [0.05, 0.1) is 5.69 Å². The van der Waals surface area contributed by atoms with Crippen LogP contribution in [0.1, 0.15) is 31.9 Å². The summed E-state index contributed by atoms with van der Waals surface area (Å²) in [6.45, 7) is 9.84. The van der Waals surface area contributed by atoms with Gasteiger partial charge in [0.2, 0.25) is 0 Å². The summed E-state index contributed by atoms with van der Waals surface area (Å²) in [6.07, 6.45) is 1.71. The molecule has 2 aromatic carbocycles. The number of nitrogens with zero attached hydrogens (tertiary/aromatic N) is 2. The van der Waals surface area contributed by atoms with E-state index >= 15 is 0 Å². The van der Waals surface area contributed by atoms with Crippen LogP contribution < -0.4 is 5.73 Å². The number of rotatable bonds is 3. The summed E-state index contributed by atoms with van der Waals surface area (Å²) in [5, 5.41) is 19.3. The Labute approximate surface area is 141 Å². The normalized spacial score (nSPS) is 11.8. The maximum atomic E-state index is 10.5. The quantitative estimate of drug-likeness (QED) is 0.536. The molecule has 5 heteroatoms. The van der Waals surface area contributed by atoms with Crippen LogP contribution in [0.3, 0.4) is 0 Å². The number of phenols is 1. The van der Waals surface area contributed by atoms with Gasteiger partial charge in [0.1, 0.15) is 17.1 Å². The Morgan fingerprint density at radius 2 is 1.78 bits per heavy atom. The largest absolute Gasteiger partial charge is 0.505 e. The van der Waals surface area contributed by atoms with Crippen molar-refractivity contribution in [3.63, 3.8) is 0 Å². The fraction of sp³-hybridized carbons (Fsp3) is 0.222. The number of nitrogens with two attached hydrogens (primary N) is 1. The van der Waals surface area contributed by atoms with Gasteiger partial charge in [0, 0.05) is 10.6 Å². The molecule has 0 unspecified atom stereocenters. The van der Waals surface area contributed by atoms with Crippen LogP contribution in [0.4, 0.5) is 17.1 Å². The molecule has 0 aliphatic heterocycles. The Morgan fingerprint density at radius 3 is 2.35 bits per heavy atom. The van der Waals surface area contributed by atoms with Gasteiger partial charge in [-0.25, -0.2) is 0 Å². The number of aromatic hydroxyl groups is 1. The average molecular weight is 330 g/mol. The van der Waals surface area contributed by atoms with Crippen LogP contribution in [0.2, 0.25) is 5.02 Å². The van der Waals surface area contributed by atoms with Crippen LogP contribution in [0.25, 0.3) is 6.08 Å². The van der Waals surface area contributed by atoms with Crippen LogP contribution in [-0.4, -0.2) is 5.11 Å². The molecule has 2 rings (SSSR count). The Bertz CT molecular complexity index is 777. The van der Waals surface area contributed by atoms with Crippen molar-refractivity contribution in [2.45, 2.75) is 26.2 Å². The molecule has 0 bridgehead atoms. The zero-order chi connectivity index (χ0) is 17.2. The third kappa shape index (κ3) is 3.90. The molecule has 0 spiro atoms. The molecule has 0 atom stereocenters. The first kappa shape index (κ1) is 17.0. The van der Waals surface area contributed by atoms with Crippen LogP contribution in [0, 0.1) is 0 Å². The van der Waals surface area contributed by atoms with E-state index in [1.54, 1.807) is 30.3 Å². The van der Waals surface area contributed by atoms with Gasteiger partial charge in [-0.05, 0) is 41.3 Å². The number of hydrogen-bond acceptors (Lipinski definition) is 4. The molecule has 0 radical (unpaired) electrons. The predicted octanol–water partition coefficient (Wildman–Crippen LogP) is 5.98. The molecular formula is C18H20ClN3O. The van der Waals surface area contributed by atoms with Gasteiger partial charge in [-0.1, -0.05) is 45.0 Å². The van der Waals surface area contributed by atoms with Crippen LogP contribution in [0.15, 0.2) is 47.1 Å². The number of nitrogen functional groups attached to an aromatic ring is 1. The fourth-order valence-electron chi connectivity index (χ4n) is 2.13. The monoisotopic (exact) mass is 329 g/mol. The lowest BCUT2D eigenvalue weighted by Crippen LogP contribution is -2.11. The second kappa shape index (κ2) is 6.42. The van der Waals surface area contributed by atoms with Crippen LogP contribution in [-0.2, 0) is 5.41 Å². The van der Waals surface area contributed by atoms with Gasteiger partial charge in [0.15, 0.2) is 0 Å². The highest BCUT2D eigenvalue weighted by Crippen LogP contribution is 2.40. The average Bonchev–Trinajstić information content (AvgIpc) is 2.46. The molecular weight excluding hydrogens is 310 g/mol. The van der Waals surface area contributed by atoms with Gasteiger partial charge in [-0.3, -0.25) is 0 Å². The zero-order valence-corrected chi connectivity index (χ0v) is 14.2. The van der Waals surface area contributed by atoms with Crippen molar-refractivity contribution in [1.82, 2.24) is 0 Å². The minimum Gasteiger partial charge on any atom is -0.505 e. The van der Waals surface area contributed by atoms with Gasteiger partial charge in [-0.15, -0.1) is 10.2 Å². The van der Waals surface area contributed by atoms with E-state index in [0.29, 0.717) is 22.1 Å². The van der Waals surface area contributed by atoms with Gasteiger partial charge in [0.25, 0.3) is 0 Å². The van der Waals surface area contributed by atoms with E-state index in [-0.39, 0.29) is 11.2 Å². The molecule has 4 nitrogen and oxygen atoms in total. The van der Waals surface area contributed by atoms with Crippen molar-refractivity contribution in [1.29, 1.82) is 0 Å². The summed E-state index contributed by atoms with van der Waals surface area (Å²) >= 11 is 5.87. The van der Waals surface area contributed by atoms with Crippen LogP contribution >= 0.6 is 11.6 Å². The van der Waals surface area contributed by atoms with E-state index in [0.717, 1.165) is 11.1 Å². The summed E-state index contributed by atoms with van der Waals surface area (Å²) in [4.78, 5) is 0. The lowest BCUT2D eigenvalue weighted by atomic mass is 9.85. The van der Waals surface area contributed by atoms with Gasteiger partial charge < -0.3 is 10.8 Å². The Balaban J connectivity index is 2.50. The van der Waals surface area contributed by atoms with Crippen LogP contribution in [0.5, 0.6) is 5.75 Å². The number of anilines is 1. The molecule has 0 amide bonds. The molecule has 0 saturated heterocycles. The second-order valence-corrected chi connectivity index (χ2v) is 6.73. The number of halogens is 1. The van der Waals surface area contributed by atoms with Gasteiger partial charge in [-0.2, -0.15) is 0 Å². The van der Waals surface area contributed by atoms with Crippen molar-refractivity contribution in [2.75, 3.05) is 5.73 Å². The number of benzene rings is 2. The summed E-state index contributed by atoms with van der Waals surface area (Å²) in [6, 6.07) is 8.61. The maximum Gasteiger partial charge on any atom is 0.146 e. The third-order valence-corrected chi connectivity index (χ3v) is 3.65. The molecule has 3 N–H and O–H groups in total. The molecule has 0 aliphatic rings. The number of hydrogen-bond donors (Lipinski definition) is 2. The van der Waals surface area contributed by atoms with Crippen molar-refractivity contribution >= 4 is 34.7 Å².